The van der Waals surface area contributed by atoms with Crippen LogP contribution in [0, 0.1) is 11.3 Å². The van der Waals surface area contributed by atoms with E-state index in [0.717, 1.165) is 4.47 Å². The standard InChI is InChI=1S/C21H18Br2N4O3/c1-12(2)20-26-17-5-4-14(22)9-15(17)21(28)27(20)25-11-13-8-18(29-3)19(10-16(13)23)30-7-6-24/h4-5,8-12H,7H2,1-3H3. The molecule has 154 valence electrons. The van der Waals surface area contributed by atoms with Gasteiger partial charge in [0.2, 0.25) is 0 Å². The van der Waals surface area contributed by atoms with E-state index in [0.29, 0.717) is 38.3 Å². The number of nitriles is 1. The van der Waals surface area contributed by atoms with E-state index in [4.69, 9.17) is 14.7 Å². The molecule has 0 saturated heterocycles. The molecule has 0 saturated carbocycles. The van der Waals surface area contributed by atoms with Crippen LogP contribution in [0.25, 0.3) is 10.9 Å². The van der Waals surface area contributed by atoms with E-state index in [2.05, 4.69) is 41.9 Å². The topological polar surface area (TPSA) is 89.5 Å². The summed E-state index contributed by atoms with van der Waals surface area (Å²) >= 11 is 6.87. The number of hydrogen-bond donors (Lipinski definition) is 0. The average Bonchev–Trinajstić information content (AvgIpc) is 2.72. The molecule has 1 aromatic heterocycles. The number of methoxy groups -OCH3 is 1. The number of benzene rings is 2. The van der Waals surface area contributed by atoms with Crippen LogP contribution >= 0.6 is 31.9 Å². The van der Waals surface area contributed by atoms with E-state index >= 15 is 0 Å². The molecule has 0 N–H and O–H groups in total. The van der Waals surface area contributed by atoms with Crippen LogP contribution in [0.5, 0.6) is 11.5 Å². The Labute approximate surface area is 190 Å². The van der Waals surface area contributed by atoms with Gasteiger partial charge in [0.25, 0.3) is 5.56 Å². The molecule has 1 heterocycles. The molecule has 0 aliphatic heterocycles. The van der Waals surface area contributed by atoms with Crippen LogP contribution in [0.4, 0.5) is 0 Å². The number of nitrogens with zero attached hydrogens (tertiary/aromatic N) is 4. The van der Waals surface area contributed by atoms with E-state index in [1.165, 1.54) is 11.8 Å². The van der Waals surface area contributed by atoms with Crippen molar-refractivity contribution in [2.45, 2.75) is 19.8 Å². The van der Waals surface area contributed by atoms with Gasteiger partial charge in [0.1, 0.15) is 11.9 Å². The molecule has 0 aliphatic carbocycles. The molecule has 0 spiro atoms. The summed E-state index contributed by atoms with van der Waals surface area (Å²) in [4.78, 5) is 17.7. The SMILES string of the molecule is COc1cc(C=Nn2c(C(C)C)nc3ccc(Br)cc3c2=O)c(Br)cc1OCC#N. The zero-order chi connectivity index (χ0) is 21.8. The van der Waals surface area contributed by atoms with Crippen molar-refractivity contribution in [2.75, 3.05) is 13.7 Å². The second-order valence-corrected chi connectivity index (χ2v) is 8.39. The molecule has 0 amide bonds. The molecular formula is C21H18Br2N4O3. The number of ether oxygens (including phenoxy) is 2. The highest BCUT2D eigenvalue weighted by molar-refractivity contribution is 9.10. The Morgan fingerprint density at radius 2 is 2.03 bits per heavy atom. The summed E-state index contributed by atoms with van der Waals surface area (Å²) in [5, 5.41) is 13.6. The zero-order valence-electron chi connectivity index (χ0n) is 16.5. The molecule has 0 aliphatic rings. The maximum absolute atomic E-state index is 13.1. The first-order chi connectivity index (χ1) is 14.3. The highest BCUT2D eigenvalue weighted by Gasteiger charge is 2.14. The van der Waals surface area contributed by atoms with Crippen molar-refractivity contribution in [3.63, 3.8) is 0 Å². The lowest BCUT2D eigenvalue weighted by Gasteiger charge is -2.13. The normalized spacial score (nSPS) is 11.2. The maximum Gasteiger partial charge on any atom is 0.282 e. The van der Waals surface area contributed by atoms with Crippen LogP contribution in [0.3, 0.4) is 0 Å². The molecule has 7 nitrogen and oxygen atoms in total. The summed E-state index contributed by atoms with van der Waals surface area (Å²) in [7, 11) is 1.51. The summed E-state index contributed by atoms with van der Waals surface area (Å²) < 4.78 is 13.5. The van der Waals surface area contributed by atoms with E-state index in [9.17, 15) is 4.79 Å². The molecule has 0 unspecified atom stereocenters. The Balaban J connectivity index is 2.12. The van der Waals surface area contributed by atoms with E-state index in [1.807, 2.05) is 32.0 Å². The monoisotopic (exact) mass is 532 g/mol. The first kappa shape index (κ1) is 22.0. The largest absolute Gasteiger partial charge is 0.493 e. The van der Waals surface area contributed by atoms with Crippen LogP contribution in [0.1, 0.15) is 31.2 Å². The second kappa shape index (κ2) is 9.41. The lowest BCUT2D eigenvalue weighted by Crippen LogP contribution is -2.23. The molecule has 0 radical (unpaired) electrons. The van der Waals surface area contributed by atoms with E-state index in [1.54, 1.807) is 24.4 Å². The van der Waals surface area contributed by atoms with Crippen LogP contribution in [-0.2, 0) is 0 Å². The maximum atomic E-state index is 13.1. The van der Waals surface area contributed by atoms with Gasteiger partial charge in [-0.25, -0.2) is 4.98 Å². The number of halogens is 2. The molecule has 30 heavy (non-hydrogen) atoms. The van der Waals surface area contributed by atoms with Crippen molar-refractivity contribution in [1.82, 2.24) is 9.66 Å². The highest BCUT2D eigenvalue weighted by atomic mass is 79.9. The van der Waals surface area contributed by atoms with E-state index in [-0.39, 0.29) is 18.1 Å². The Morgan fingerprint density at radius 1 is 1.27 bits per heavy atom. The van der Waals surface area contributed by atoms with Crippen molar-refractivity contribution < 1.29 is 9.47 Å². The minimum atomic E-state index is -0.252. The van der Waals surface area contributed by atoms with Crippen molar-refractivity contribution in [2.24, 2.45) is 5.10 Å². The molecule has 0 bridgehead atoms. The van der Waals surface area contributed by atoms with Gasteiger partial charge in [-0.2, -0.15) is 15.0 Å². The van der Waals surface area contributed by atoms with Gasteiger partial charge < -0.3 is 9.47 Å². The fourth-order valence-corrected chi connectivity index (χ4v) is 3.59. The predicted octanol–water partition coefficient (Wildman–Crippen LogP) is 4.84. The van der Waals surface area contributed by atoms with Gasteiger partial charge in [0.05, 0.1) is 24.2 Å². The van der Waals surface area contributed by atoms with Crippen LogP contribution in [-0.4, -0.2) is 29.6 Å². The summed E-state index contributed by atoms with van der Waals surface area (Å²) in [6, 6.07) is 10.7. The second-order valence-electron chi connectivity index (χ2n) is 6.62. The van der Waals surface area contributed by atoms with E-state index < -0.39 is 0 Å². The molecule has 9 heteroatoms. The van der Waals surface area contributed by atoms with Crippen LogP contribution in [0.15, 0.2) is 49.2 Å². The summed E-state index contributed by atoms with van der Waals surface area (Å²) in [6.07, 6.45) is 1.56. The highest BCUT2D eigenvalue weighted by Crippen LogP contribution is 2.33. The number of aromatic nitrogens is 2. The van der Waals surface area contributed by atoms with Gasteiger partial charge in [0.15, 0.2) is 18.1 Å². The summed E-state index contributed by atoms with van der Waals surface area (Å²) in [5.41, 5.74) is 1.05. The Hall–Kier alpha value is -2.70. The fourth-order valence-electron chi connectivity index (χ4n) is 2.80. The third-order valence-corrected chi connectivity index (χ3v) is 5.42. The third-order valence-electron chi connectivity index (χ3n) is 4.24. The smallest absolute Gasteiger partial charge is 0.282 e. The van der Waals surface area contributed by atoms with Gasteiger partial charge >= 0.3 is 0 Å². The molecule has 2 aromatic carbocycles. The minimum absolute atomic E-state index is 0.0115. The Bertz CT molecular complexity index is 1230. The first-order valence-electron chi connectivity index (χ1n) is 8.99. The Kier molecular flexibility index (Phi) is 6.90. The third kappa shape index (κ3) is 4.55. The molecule has 0 fully saturated rings. The molecular weight excluding hydrogens is 516 g/mol. The lowest BCUT2D eigenvalue weighted by molar-refractivity contribution is 0.329. The van der Waals surface area contributed by atoms with Gasteiger partial charge in [-0.15, -0.1) is 0 Å². The quantitative estimate of drug-likeness (QED) is 0.423. The van der Waals surface area contributed by atoms with Crippen LogP contribution in [0.2, 0.25) is 0 Å². The molecule has 3 rings (SSSR count). The lowest BCUT2D eigenvalue weighted by atomic mass is 10.2. The number of hydrogen-bond acceptors (Lipinski definition) is 6. The van der Waals surface area contributed by atoms with Gasteiger partial charge in [-0.1, -0.05) is 29.8 Å². The number of fused-ring (bicyclic) bond motifs is 1. The van der Waals surface area contributed by atoms with Crippen molar-refractivity contribution in [1.29, 1.82) is 5.26 Å². The fraction of sp³-hybridized carbons (Fsp3) is 0.238. The predicted molar refractivity (Wildman–Crippen MR) is 123 cm³/mol. The van der Waals surface area contributed by atoms with Crippen LogP contribution < -0.4 is 15.0 Å². The Morgan fingerprint density at radius 3 is 2.70 bits per heavy atom. The zero-order valence-corrected chi connectivity index (χ0v) is 19.7. The molecule has 0 atom stereocenters. The van der Waals surface area contributed by atoms with Gasteiger partial charge in [-0.05, 0) is 46.3 Å². The average molecular weight is 534 g/mol. The van der Waals surface area contributed by atoms with Gasteiger partial charge in [0, 0.05) is 20.4 Å². The van der Waals surface area contributed by atoms with Gasteiger partial charge in [-0.3, -0.25) is 4.79 Å². The molecule has 3 aromatic rings. The minimum Gasteiger partial charge on any atom is -0.493 e. The summed E-state index contributed by atoms with van der Waals surface area (Å²) in [5.74, 6) is 1.43. The first-order valence-corrected chi connectivity index (χ1v) is 10.6. The van der Waals surface area contributed by atoms with Crippen molar-refractivity contribution >= 4 is 49.0 Å². The summed E-state index contributed by atoms with van der Waals surface area (Å²) in [6.45, 7) is 3.82. The van der Waals surface area contributed by atoms with Crippen molar-refractivity contribution in [3.05, 3.63) is 61.0 Å². The number of rotatable bonds is 6. The van der Waals surface area contributed by atoms with Crippen molar-refractivity contribution in [3.8, 4) is 17.6 Å².